The Hall–Kier alpha value is -3.12. The second-order valence-corrected chi connectivity index (χ2v) is 7.17. The Morgan fingerprint density at radius 2 is 2.04 bits per heavy atom. The summed E-state index contributed by atoms with van der Waals surface area (Å²) in [6, 6.07) is 12.7. The van der Waals surface area contributed by atoms with Crippen LogP contribution in [0, 0.1) is 0 Å². The van der Waals surface area contributed by atoms with Gasteiger partial charge in [-0.3, -0.25) is 9.48 Å². The number of nitrogens with one attached hydrogen (secondary N) is 1. The van der Waals surface area contributed by atoms with Crippen molar-refractivity contribution in [2.24, 2.45) is 7.05 Å². The number of fused-ring (bicyclic) bond motifs is 1. The standard InChI is InChI=1S/C21H19ClN4O2/c1-13(16-11-23-26(2)12-16)24-21(27)15-5-8-19-18(10-15)25-20(28-19)9-14-3-6-17(22)7-4-14/h3-8,10-13H,9H2,1-2H3,(H,24,27)/t13-/m1/s1. The van der Waals surface area contributed by atoms with Crippen LogP contribution in [0.3, 0.4) is 0 Å². The number of aromatic nitrogens is 3. The van der Waals surface area contributed by atoms with Gasteiger partial charge in [0.15, 0.2) is 11.5 Å². The van der Waals surface area contributed by atoms with E-state index in [2.05, 4.69) is 15.4 Å². The van der Waals surface area contributed by atoms with E-state index in [-0.39, 0.29) is 11.9 Å². The molecular weight excluding hydrogens is 376 g/mol. The van der Waals surface area contributed by atoms with Crippen LogP contribution in [0.2, 0.25) is 5.02 Å². The van der Waals surface area contributed by atoms with E-state index >= 15 is 0 Å². The lowest BCUT2D eigenvalue weighted by molar-refractivity contribution is 0.0940. The van der Waals surface area contributed by atoms with E-state index in [9.17, 15) is 4.79 Å². The molecule has 4 rings (SSSR count). The van der Waals surface area contributed by atoms with E-state index in [1.807, 2.05) is 44.4 Å². The minimum atomic E-state index is -0.166. The lowest BCUT2D eigenvalue weighted by atomic mass is 10.1. The van der Waals surface area contributed by atoms with Gasteiger partial charge in [-0.15, -0.1) is 0 Å². The summed E-state index contributed by atoms with van der Waals surface area (Å²) in [5.74, 6) is 0.430. The van der Waals surface area contributed by atoms with Gasteiger partial charge < -0.3 is 9.73 Å². The number of oxazole rings is 1. The molecule has 7 heteroatoms. The molecule has 2 aromatic carbocycles. The number of rotatable bonds is 5. The maximum Gasteiger partial charge on any atom is 0.251 e. The Morgan fingerprint density at radius 3 is 2.75 bits per heavy atom. The van der Waals surface area contributed by atoms with Crippen molar-refractivity contribution in [3.63, 3.8) is 0 Å². The molecule has 0 aliphatic heterocycles. The zero-order valence-electron chi connectivity index (χ0n) is 15.5. The first-order chi connectivity index (χ1) is 13.5. The van der Waals surface area contributed by atoms with E-state index in [0.717, 1.165) is 11.1 Å². The van der Waals surface area contributed by atoms with Crippen molar-refractivity contribution in [3.05, 3.63) is 82.5 Å². The molecule has 6 nitrogen and oxygen atoms in total. The third-order valence-corrected chi connectivity index (χ3v) is 4.79. The van der Waals surface area contributed by atoms with Gasteiger partial charge in [0.05, 0.1) is 12.2 Å². The summed E-state index contributed by atoms with van der Waals surface area (Å²) in [5, 5.41) is 7.81. The highest BCUT2D eigenvalue weighted by atomic mass is 35.5. The van der Waals surface area contributed by atoms with E-state index in [1.54, 1.807) is 29.1 Å². The van der Waals surface area contributed by atoms with Crippen molar-refractivity contribution in [1.29, 1.82) is 0 Å². The van der Waals surface area contributed by atoms with Crippen molar-refractivity contribution in [3.8, 4) is 0 Å². The summed E-state index contributed by atoms with van der Waals surface area (Å²) in [4.78, 5) is 17.1. The number of amides is 1. The number of nitrogens with zero attached hydrogens (tertiary/aromatic N) is 3. The second-order valence-electron chi connectivity index (χ2n) is 6.74. The molecule has 1 N–H and O–H groups in total. The van der Waals surface area contributed by atoms with Crippen LogP contribution in [0.5, 0.6) is 0 Å². The highest BCUT2D eigenvalue weighted by molar-refractivity contribution is 6.30. The summed E-state index contributed by atoms with van der Waals surface area (Å²) in [5.41, 5.74) is 3.85. The number of halogens is 1. The number of aryl methyl sites for hydroxylation is 1. The monoisotopic (exact) mass is 394 g/mol. The molecule has 1 atom stereocenters. The highest BCUT2D eigenvalue weighted by Gasteiger charge is 2.15. The minimum Gasteiger partial charge on any atom is -0.440 e. The molecule has 0 saturated heterocycles. The molecule has 2 heterocycles. The van der Waals surface area contributed by atoms with Crippen LogP contribution >= 0.6 is 11.6 Å². The van der Waals surface area contributed by atoms with Crippen LogP contribution in [-0.4, -0.2) is 20.7 Å². The SMILES string of the molecule is C[C@@H](NC(=O)c1ccc2oc(Cc3ccc(Cl)cc3)nc2c1)c1cnn(C)c1. The molecule has 0 saturated carbocycles. The zero-order valence-corrected chi connectivity index (χ0v) is 16.3. The van der Waals surface area contributed by atoms with Gasteiger partial charge in [0.2, 0.25) is 0 Å². The average molecular weight is 395 g/mol. The molecule has 0 aliphatic carbocycles. The maximum absolute atomic E-state index is 12.6. The molecule has 0 unspecified atom stereocenters. The fourth-order valence-corrected chi connectivity index (χ4v) is 3.12. The Kier molecular flexibility index (Phi) is 4.88. The van der Waals surface area contributed by atoms with Crippen molar-refractivity contribution < 1.29 is 9.21 Å². The van der Waals surface area contributed by atoms with Gasteiger partial charge >= 0.3 is 0 Å². The second kappa shape index (κ2) is 7.48. The normalized spacial score (nSPS) is 12.2. The lowest BCUT2D eigenvalue weighted by Crippen LogP contribution is -2.26. The Labute approximate surface area is 167 Å². The minimum absolute atomic E-state index is 0.144. The van der Waals surface area contributed by atoms with Gasteiger partial charge in [-0.25, -0.2) is 4.98 Å². The predicted octanol–water partition coefficient (Wildman–Crippen LogP) is 4.30. The number of carbonyl (C=O) groups is 1. The average Bonchev–Trinajstić information content (AvgIpc) is 3.28. The molecule has 142 valence electrons. The largest absolute Gasteiger partial charge is 0.440 e. The highest BCUT2D eigenvalue weighted by Crippen LogP contribution is 2.21. The Bertz CT molecular complexity index is 1130. The van der Waals surface area contributed by atoms with Crippen LogP contribution in [0.15, 0.2) is 59.3 Å². The first kappa shape index (κ1) is 18.3. The topological polar surface area (TPSA) is 73.0 Å². The fourth-order valence-electron chi connectivity index (χ4n) is 3.00. The number of benzene rings is 2. The maximum atomic E-state index is 12.6. The summed E-state index contributed by atoms with van der Waals surface area (Å²) < 4.78 is 7.51. The Balaban J connectivity index is 1.50. The van der Waals surface area contributed by atoms with Crippen molar-refractivity contribution in [2.45, 2.75) is 19.4 Å². The van der Waals surface area contributed by atoms with Gasteiger partial charge in [0.25, 0.3) is 5.91 Å². The van der Waals surface area contributed by atoms with E-state index in [4.69, 9.17) is 16.0 Å². The lowest BCUT2D eigenvalue weighted by Gasteiger charge is -2.11. The van der Waals surface area contributed by atoms with Crippen LogP contribution in [0.25, 0.3) is 11.1 Å². The van der Waals surface area contributed by atoms with Gasteiger partial charge in [0.1, 0.15) is 5.52 Å². The molecule has 0 bridgehead atoms. The Morgan fingerprint density at radius 1 is 1.25 bits per heavy atom. The summed E-state index contributed by atoms with van der Waals surface area (Å²) in [6.07, 6.45) is 4.19. The van der Waals surface area contributed by atoms with Crippen molar-refractivity contribution >= 4 is 28.6 Å². The number of carbonyl (C=O) groups excluding carboxylic acids is 1. The first-order valence-electron chi connectivity index (χ1n) is 8.91. The fraction of sp³-hybridized carbons (Fsp3) is 0.190. The third-order valence-electron chi connectivity index (χ3n) is 4.54. The molecular formula is C21H19ClN4O2. The number of hydrogen-bond donors (Lipinski definition) is 1. The summed E-state index contributed by atoms with van der Waals surface area (Å²) in [7, 11) is 1.85. The third kappa shape index (κ3) is 3.92. The molecule has 0 spiro atoms. The summed E-state index contributed by atoms with van der Waals surface area (Å²) in [6.45, 7) is 1.92. The first-order valence-corrected chi connectivity index (χ1v) is 9.29. The number of hydrogen-bond acceptors (Lipinski definition) is 4. The van der Waals surface area contributed by atoms with Crippen molar-refractivity contribution in [2.75, 3.05) is 0 Å². The molecule has 4 aromatic rings. The van der Waals surface area contributed by atoms with Crippen molar-refractivity contribution in [1.82, 2.24) is 20.1 Å². The van der Waals surface area contributed by atoms with Crippen LogP contribution in [-0.2, 0) is 13.5 Å². The predicted molar refractivity (Wildman–Crippen MR) is 107 cm³/mol. The van der Waals surface area contributed by atoms with Gasteiger partial charge in [-0.2, -0.15) is 5.10 Å². The van der Waals surface area contributed by atoms with E-state index in [0.29, 0.717) is 34.0 Å². The molecule has 2 aromatic heterocycles. The zero-order chi connectivity index (χ0) is 19.7. The smallest absolute Gasteiger partial charge is 0.251 e. The molecule has 1 amide bonds. The molecule has 0 fully saturated rings. The molecule has 0 aliphatic rings. The van der Waals surface area contributed by atoms with E-state index < -0.39 is 0 Å². The van der Waals surface area contributed by atoms with Gasteiger partial charge in [-0.1, -0.05) is 23.7 Å². The van der Waals surface area contributed by atoms with E-state index in [1.165, 1.54) is 0 Å². The van der Waals surface area contributed by atoms with Gasteiger partial charge in [-0.05, 0) is 42.8 Å². The summed E-state index contributed by atoms with van der Waals surface area (Å²) >= 11 is 5.92. The molecule has 28 heavy (non-hydrogen) atoms. The van der Waals surface area contributed by atoms with Crippen LogP contribution < -0.4 is 5.32 Å². The van der Waals surface area contributed by atoms with Gasteiger partial charge in [0, 0.05) is 35.8 Å². The quantitative estimate of drug-likeness (QED) is 0.547. The van der Waals surface area contributed by atoms with Crippen LogP contribution in [0.1, 0.15) is 40.3 Å². The molecule has 0 radical (unpaired) electrons. The van der Waals surface area contributed by atoms with Crippen LogP contribution in [0.4, 0.5) is 0 Å².